The SMILES string of the molecule is Cc1cc(C(=O)N[C@@H](C)c2ccc3c(c2)OCO3)c(C)n1C(C)C. The lowest BCUT2D eigenvalue weighted by Gasteiger charge is -2.16. The Morgan fingerprint density at radius 3 is 2.50 bits per heavy atom. The highest BCUT2D eigenvalue weighted by Crippen LogP contribution is 2.34. The van der Waals surface area contributed by atoms with Crippen LogP contribution in [0.25, 0.3) is 0 Å². The van der Waals surface area contributed by atoms with Crippen LogP contribution in [0.1, 0.15) is 60.2 Å². The number of hydrogen-bond donors (Lipinski definition) is 1. The predicted molar refractivity (Wildman–Crippen MR) is 92.7 cm³/mol. The fourth-order valence-electron chi connectivity index (χ4n) is 3.34. The monoisotopic (exact) mass is 328 g/mol. The molecule has 0 fully saturated rings. The van der Waals surface area contributed by atoms with Crippen molar-refractivity contribution in [2.24, 2.45) is 0 Å². The van der Waals surface area contributed by atoms with Gasteiger partial charge in [-0.3, -0.25) is 4.79 Å². The van der Waals surface area contributed by atoms with Crippen LogP contribution in [-0.4, -0.2) is 17.3 Å². The summed E-state index contributed by atoms with van der Waals surface area (Å²) in [5.41, 5.74) is 3.82. The van der Waals surface area contributed by atoms with E-state index in [1.165, 1.54) is 0 Å². The fourth-order valence-corrected chi connectivity index (χ4v) is 3.34. The summed E-state index contributed by atoms with van der Waals surface area (Å²) in [6.45, 7) is 10.5. The van der Waals surface area contributed by atoms with Crippen LogP contribution in [0.4, 0.5) is 0 Å². The molecule has 5 heteroatoms. The van der Waals surface area contributed by atoms with E-state index >= 15 is 0 Å². The Bertz CT molecular complexity index is 777. The zero-order valence-corrected chi connectivity index (χ0v) is 14.8. The molecule has 0 aliphatic carbocycles. The van der Waals surface area contributed by atoms with E-state index in [2.05, 4.69) is 23.7 Å². The zero-order valence-electron chi connectivity index (χ0n) is 14.8. The number of nitrogens with one attached hydrogen (secondary N) is 1. The lowest BCUT2D eigenvalue weighted by molar-refractivity contribution is 0.0939. The lowest BCUT2D eigenvalue weighted by atomic mass is 10.1. The average molecular weight is 328 g/mol. The Morgan fingerprint density at radius 1 is 1.12 bits per heavy atom. The van der Waals surface area contributed by atoms with Crippen LogP contribution in [0.3, 0.4) is 0 Å². The first-order valence-electron chi connectivity index (χ1n) is 8.27. The number of amides is 1. The lowest BCUT2D eigenvalue weighted by Crippen LogP contribution is -2.27. The molecule has 0 saturated carbocycles. The Labute approximate surface area is 142 Å². The minimum atomic E-state index is -0.117. The average Bonchev–Trinajstić information content (AvgIpc) is 3.10. The molecule has 1 aliphatic rings. The van der Waals surface area contributed by atoms with Gasteiger partial charge < -0.3 is 19.4 Å². The molecule has 0 bridgehead atoms. The molecule has 1 aromatic heterocycles. The maximum absolute atomic E-state index is 12.7. The van der Waals surface area contributed by atoms with Gasteiger partial charge in [-0.1, -0.05) is 6.07 Å². The highest BCUT2D eigenvalue weighted by Gasteiger charge is 2.20. The second-order valence-corrected chi connectivity index (χ2v) is 6.56. The molecule has 1 aromatic carbocycles. The van der Waals surface area contributed by atoms with E-state index in [9.17, 15) is 4.79 Å². The number of fused-ring (bicyclic) bond motifs is 1. The molecule has 2 aromatic rings. The number of carbonyl (C=O) groups excluding carboxylic acids is 1. The van der Waals surface area contributed by atoms with Crippen molar-refractivity contribution in [3.63, 3.8) is 0 Å². The summed E-state index contributed by atoms with van der Waals surface area (Å²) < 4.78 is 12.9. The van der Waals surface area contributed by atoms with Crippen LogP contribution in [0, 0.1) is 13.8 Å². The van der Waals surface area contributed by atoms with Gasteiger partial charge in [-0.05, 0) is 58.4 Å². The first-order valence-corrected chi connectivity index (χ1v) is 8.27. The molecule has 1 aliphatic heterocycles. The highest BCUT2D eigenvalue weighted by molar-refractivity contribution is 5.96. The van der Waals surface area contributed by atoms with Crippen molar-refractivity contribution >= 4 is 5.91 Å². The van der Waals surface area contributed by atoms with Gasteiger partial charge in [0, 0.05) is 17.4 Å². The van der Waals surface area contributed by atoms with Gasteiger partial charge in [-0.25, -0.2) is 0 Å². The second-order valence-electron chi connectivity index (χ2n) is 6.56. The van der Waals surface area contributed by atoms with Crippen LogP contribution in [0.5, 0.6) is 11.5 Å². The Balaban J connectivity index is 1.78. The molecule has 1 atom stereocenters. The Morgan fingerprint density at radius 2 is 1.83 bits per heavy atom. The summed E-state index contributed by atoms with van der Waals surface area (Å²) in [7, 11) is 0. The molecule has 1 amide bonds. The van der Waals surface area contributed by atoms with E-state index in [1.54, 1.807) is 0 Å². The molecule has 128 valence electrons. The standard InChI is InChI=1S/C19H24N2O3/c1-11(2)21-12(3)8-16(14(21)5)19(22)20-13(4)15-6-7-17-18(9-15)24-10-23-17/h6-9,11,13H,10H2,1-5H3,(H,20,22)/t13-/m0/s1. The summed E-state index contributed by atoms with van der Waals surface area (Å²) >= 11 is 0. The number of rotatable bonds is 4. The van der Waals surface area contributed by atoms with Crippen molar-refractivity contribution in [3.8, 4) is 11.5 Å². The summed E-state index contributed by atoms with van der Waals surface area (Å²) in [6, 6.07) is 7.93. The van der Waals surface area contributed by atoms with Gasteiger partial charge in [0.2, 0.25) is 6.79 Å². The predicted octanol–water partition coefficient (Wildman–Crippen LogP) is 3.91. The molecular weight excluding hydrogens is 304 g/mol. The number of benzene rings is 1. The molecule has 0 unspecified atom stereocenters. The maximum Gasteiger partial charge on any atom is 0.253 e. The van der Waals surface area contributed by atoms with E-state index in [1.807, 2.05) is 45.0 Å². The third-order valence-electron chi connectivity index (χ3n) is 4.49. The summed E-state index contributed by atoms with van der Waals surface area (Å²) in [5, 5.41) is 3.08. The summed E-state index contributed by atoms with van der Waals surface area (Å²) in [5.74, 6) is 1.42. The van der Waals surface area contributed by atoms with Crippen molar-refractivity contribution in [2.75, 3.05) is 6.79 Å². The van der Waals surface area contributed by atoms with Gasteiger partial charge in [-0.2, -0.15) is 0 Å². The van der Waals surface area contributed by atoms with Crippen molar-refractivity contribution in [2.45, 2.75) is 46.7 Å². The molecule has 3 rings (SSSR count). The molecule has 2 heterocycles. The van der Waals surface area contributed by atoms with Crippen LogP contribution in [0.2, 0.25) is 0 Å². The van der Waals surface area contributed by atoms with Crippen LogP contribution in [0.15, 0.2) is 24.3 Å². The number of hydrogen-bond acceptors (Lipinski definition) is 3. The van der Waals surface area contributed by atoms with Crippen molar-refractivity contribution < 1.29 is 14.3 Å². The van der Waals surface area contributed by atoms with Crippen LogP contribution in [-0.2, 0) is 0 Å². The molecule has 0 saturated heterocycles. The van der Waals surface area contributed by atoms with E-state index in [4.69, 9.17) is 9.47 Å². The second kappa shape index (κ2) is 6.23. The minimum Gasteiger partial charge on any atom is -0.454 e. The van der Waals surface area contributed by atoms with E-state index in [0.717, 1.165) is 34.0 Å². The van der Waals surface area contributed by atoms with Crippen molar-refractivity contribution in [1.29, 1.82) is 0 Å². The molecule has 24 heavy (non-hydrogen) atoms. The Hall–Kier alpha value is -2.43. The third kappa shape index (κ3) is 2.86. The van der Waals surface area contributed by atoms with E-state index in [-0.39, 0.29) is 18.7 Å². The quantitative estimate of drug-likeness (QED) is 0.926. The van der Waals surface area contributed by atoms with Crippen LogP contribution < -0.4 is 14.8 Å². The van der Waals surface area contributed by atoms with Gasteiger partial charge >= 0.3 is 0 Å². The topological polar surface area (TPSA) is 52.5 Å². The smallest absolute Gasteiger partial charge is 0.253 e. The van der Waals surface area contributed by atoms with Crippen molar-refractivity contribution in [1.82, 2.24) is 9.88 Å². The van der Waals surface area contributed by atoms with Crippen molar-refractivity contribution in [3.05, 3.63) is 46.8 Å². The molecule has 0 radical (unpaired) electrons. The molecular formula is C19H24N2O3. The van der Waals surface area contributed by atoms with Gasteiger partial charge in [0.25, 0.3) is 5.91 Å². The number of aryl methyl sites for hydroxylation is 1. The summed E-state index contributed by atoms with van der Waals surface area (Å²) in [4.78, 5) is 12.7. The number of nitrogens with zero attached hydrogens (tertiary/aromatic N) is 1. The largest absolute Gasteiger partial charge is 0.454 e. The Kier molecular flexibility index (Phi) is 4.26. The first kappa shape index (κ1) is 16.4. The fraction of sp³-hybridized carbons (Fsp3) is 0.421. The number of ether oxygens (including phenoxy) is 2. The molecule has 1 N–H and O–H groups in total. The number of carbonyl (C=O) groups is 1. The van der Waals surface area contributed by atoms with Crippen LogP contribution >= 0.6 is 0 Å². The highest BCUT2D eigenvalue weighted by atomic mass is 16.7. The van der Waals surface area contributed by atoms with E-state index < -0.39 is 0 Å². The maximum atomic E-state index is 12.7. The van der Waals surface area contributed by atoms with Gasteiger partial charge in [-0.15, -0.1) is 0 Å². The van der Waals surface area contributed by atoms with Gasteiger partial charge in [0.05, 0.1) is 11.6 Å². The first-order chi connectivity index (χ1) is 11.4. The normalized spacial score (nSPS) is 14.1. The molecule has 5 nitrogen and oxygen atoms in total. The van der Waals surface area contributed by atoms with Gasteiger partial charge in [0.1, 0.15) is 0 Å². The minimum absolute atomic E-state index is 0.0554. The van der Waals surface area contributed by atoms with E-state index in [0.29, 0.717) is 6.04 Å². The number of aromatic nitrogens is 1. The third-order valence-corrected chi connectivity index (χ3v) is 4.49. The summed E-state index contributed by atoms with van der Waals surface area (Å²) in [6.07, 6.45) is 0. The molecule has 0 spiro atoms. The zero-order chi connectivity index (χ0) is 17.4. The van der Waals surface area contributed by atoms with Gasteiger partial charge in [0.15, 0.2) is 11.5 Å².